The summed E-state index contributed by atoms with van der Waals surface area (Å²) in [4.78, 5) is 25.2. The molecule has 1 unspecified atom stereocenters. The quantitative estimate of drug-likeness (QED) is 0.615. The van der Waals surface area contributed by atoms with Gasteiger partial charge in [-0.2, -0.15) is 0 Å². The number of nitrogens with zero attached hydrogens (tertiary/aromatic N) is 2. The van der Waals surface area contributed by atoms with Crippen LogP contribution in [0, 0.1) is 15.5 Å². The van der Waals surface area contributed by atoms with Crippen LogP contribution in [0.5, 0.6) is 5.75 Å². The van der Waals surface area contributed by atoms with Crippen molar-refractivity contribution in [3.8, 4) is 5.75 Å². The van der Waals surface area contributed by atoms with Gasteiger partial charge in [-0.1, -0.05) is 19.9 Å². The van der Waals surface area contributed by atoms with Crippen molar-refractivity contribution in [2.45, 2.75) is 26.8 Å². The molecule has 128 valence electrons. The van der Waals surface area contributed by atoms with Crippen molar-refractivity contribution < 1.29 is 14.5 Å². The highest BCUT2D eigenvalue weighted by atomic mass is 16.6. The summed E-state index contributed by atoms with van der Waals surface area (Å²) in [5.74, 6) is -0.405. The summed E-state index contributed by atoms with van der Waals surface area (Å²) in [6, 6.07) is 4.30. The Morgan fingerprint density at radius 1 is 1.43 bits per heavy atom. The predicted molar refractivity (Wildman–Crippen MR) is 88.9 cm³/mol. The van der Waals surface area contributed by atoms with Crippen molar-refractivity contribution in [1.29, 1.82) is 0 Å². The number of rotatable bonds is 7. The van der Waals surface area contributed by atoms with E-state index in [1.165, 1.54) is 19.2 Å². The number of methoxy groups -OCH3 is 1. The summed E-state index contributed by atoms with van der Waals surface area (Å²) >= 11 is 0. The fraction of sp³-hybridized carbons (Fsp3) is 0.562. The molecule has 1 aromatic rings. The molecule has 0 fully saturated rings. The second kappa shape index (κ2) is 7.41. The van der Waals surface area contributed by atoms with E-state index in [1.807, 2.05) is 39.8 Å². The van der Waals surface area contributed by atoms with Crippen LogP contribution in [0.15, 0.2) is 18.2 Å². The normalized spacial score (nSPS) is 12.8. The Labute approximate surface area is 136 Å². The highest BCUT2D eigenvalue weighted by Gasteiger charge is 2.31. The third-order valence-corrected chi connectivity index (χ3v) is 3.89. The molecule has 0 saturated carbocycles. The number of nitrogens with one attached hydrogen (secondary N) is 1. The zero-order chi connectivity index (χ0) is 17.8. The summed E-state index contributed by atoms with van der Waals surface area (Å²) in [7, 11) is 5.26. The van der Waals surface area contributed by atoms with Crippen LogP contribution in [0.4, 0.5) is 5.69 Å². The molecule has 0 bridgehead atoms. The first-order valence-corrected chi connectivity index (χ1v) is 7.37. The maximum Gasteiger partial charge on any atom is 0.323 e. The summed E-state index contributed by atoms with van der Waals surface area (Å²) < 4.78 is 4.99. The van der Waals surface area contributed by atoms with Gasteiger partial charge in [-0.25, -0.2) is 0 Å². The number of carbonyl (C=O) groups is 1. The van der Waals surface area contributed by atoms with Crippen molar-refractivity contribution >= 4 is 11.6 Å². The standard InChI is InChI=1S/C16H25N3O4/c1-11(16(2,3)10-18(4)5)17-15(20)12-8-7-9-13(23-6)14(12)19(21)22/h7-9,11H,10H2,1-6H3,(H,17,20). The number of nitro groups is 1. The number of benzene rings is 1. The van der Waals surface area contributed by atoms with Crippen molar-refractivity contribution in [1.82, 2.24) is 10.2 Å². The SMILES string of the molecule is COc1cccc(C(=O)NC(C)C(C)(C)CN(C)C)c1[N+](=O)[O-]. The molecular formula is C16H25N3O4. The zero-order valence-corrected chi connectivity index (χ0v) is 14.5. The number of hydrogen-bond acceptors (Lipinski definition) is 5. The lowest BCUT2D eigenvalue weighted by Crippen LogP contribution is -2.47. The molecule has 1 atom stereocenters. The fourth-order valence-corrected chi connectivity index (χ4v) is 2.48. The maximum absolute atomic E-state index is 12.5. The van der Waals surface area contributed by atoms with E-state index in [-0.39, 0.29) is 28.5 Å². The topological polar surface area (TPSA) is 84.7 Å². The number of para-hydroxylation sites is 1. The Kier molecular flexibility index (Phi) is 6.09. The van der Waals surface area contributed by atoms with Gasteiger partial charge < -0.3 is 15.0 Å². The molecule has 0 aliphatic heterocycles. The third-order valence-electron chi connectivity index (χ3n) is 3.89. The molecule has 1 amide bonds. The van der Waals surface area contributed by atoms with Gasteiger partial charge in [0.05, 0.1) is 12.0 Å². The van der Waals surface area contributed by atoms with Crippen LogP contribution in [0.1, 0.15) is 31.1 Å². The Bertz CT molecular complexity index is 585. The van der Waals surface area contributed by atoms with Crippen molar-refractivity contribution in [3.05, 3.63) is 33.9 Å². The smallest absolute Gasteiger partial charge is 0.323 e. The lowest BCUT2D eigenvalue weighted by atomic mass is 9.84. The Hall–Kier alpha value is -2.15. The Morgan fingerprint density at radius 3 is 2.52 bits per heavy atom. The molecule has 0 saturated heterocycles. The first-order valence-electron chi connectivity index (χ1n) is 7.37. The average Bonchev–Trinajstić information content (AvgIpc) is 2.44. The first kappa shape index (κ1) is 18.9. The molecule has 1 aromatic carbocycles. The van der Waals surface area contributed by atoms with Gasteiger partial charge in [0.25, 0.3) is 5.91 Å². The number of ether oxygens (including phenoxy) is 1. The molecule has 7 nitrogen and oxygen atoms in total. The maximum atomic E-state index is 12.5. The lowest BCUT2D eigenvalue weighted by Gasteiger charge is -2.34. The van der Waals surface area contributed by atoms with Gasteiger partial charge in [0.2, 0.25) is 0 Å². The van der Waals surface area contributed by atoms with Gasteiger partial charge >= 0.3 is 5.69 Å². The number of amides is 1. The van der Waals surface area contributed by atoms with E-state index in [9.17, 15) is 14.9 Å². The van der Waals surface area contributed by atoms with Gasteiger partial charge in [-0.15, -0.1) is 0 Å². The van der Waals surface area contributed by atoms with Crippen LogP contribution in [0.2, 0.25) is 0 Å². The first-order chi connectivity index (χ1) is 10.6. The van der Waals surface area contributed by atoms with Gasteiger partial charge in [0.15, 0.2) is 5.75 Å². The minimum absolute atomic E-state index is 0.00172. The van der Waals surface area contributed by atoms with Crippen LogP contribution < -0.4 is 10.1 Å². The van der Waals surface area contributed by atoms with Crippen molar-refractivity contribution in [2.24, 2.45) is 5.41 Å². The zero-order valence-electron chi connectivity index (χ0n) is 14.5. The van der Waals surface area contributed by atoms with Crippen molar-refractivity contribution in [3.63, 3.8) is 0 Å². The Balaban J connectivity index is 3.05. The number of nitro benzene ring substituents is 1. The molecule has 0 aliphatic rings. The van der Waals surface area contributed by atoms with Gasteiger partial charge in [0, 0.05) is 12.6 Å². The third kappa shape index (κ3) is 4.66. The van der Waals surface area contributed by atoms with Crippen LogP contribution in [-0.4, -0.2) is 49.5 Å². The molecule has 0 aromatic heterocycles. The number of hydrogen-bond donors (Lipinski definition) is 1. The second-order valence-corrected chi connectivity index (χ2v) is 6.54. The Morgan fingerprint density at radius 2 is 2.04 bits per heavy atom. The molecule has 1 N–H and O–H groups in total. The molecule has 0 aliphatic carbocycles. The summed E-state index contributed by atoms with van der Waals surface area (Å²) in [6.07, 6.45) is 0. The molecule has 0 heterocycles. The van der Waals surface area contributed by atoms with Gasteiger partial charge in [-0.3, -0.25) is 14.9 Å². The van der Waals surface area contributed by atoms with E-state index >= 15 is 0 Å². The van der Waals surface area contributed by atoms with Crippen LogP contribution in [0.25, 0.3) is 0 Å². The molecular weight excluding hydrogens is 298 g/mol. The molecule has 0 spiro atoms. The molecule has 7 heteroatoms. The highest BCUT2D eigenvalue weighted by molar-refractivity contribution is 5.99. The fourth-order valence-electron chi connectivity index (χ4n) is 2.48. The summed E-state index contributed by atoms with van der Waals surface area (Å²) in [5.41, 5.74) is -0.501. The monoisotopic (exact) mass is 323 g/mol. The van der Waals surface area contributed by atoms with E-state index in [2.05, 4.69) is 5.32 Å². The second-order valence-electron chi connectivity index (χ2n) is 6.54. The van der Waals surface area contributed by atoms with E-state index in [0.717, 1.165) is 6.54 Å². The largest absolute Gasteiger partial charge is 0.490 e. The van der Waals surface area contributed by atoms with Crippen molar-refractivity contribution in [2.75, 3.05) is 27.7 Å². The molecule has 1 rings (SSSR count). The van der Waals surface area contributed by atoms with E-state index in [0.29, 0.717) is 0 Å². The van der Waals surface area contributed by atoms with Gasteiger partial charge in [0.1, 0.15) is 5.56 Å². The minimum atomic E-state index is -0.594. The van der Waals surface area contributed by atoms with Crippen LogP contribution in [0.3, 0.4) is 0 Å². The van der Waals surface area contributed by atoms with Crippen LogP contribution >= 0.6 is 0 Å². The van der Waals surface area contributed by atoms with E-state index in [4.69, 9.17) is 4.74 Å². The molecule has 23 heavy (non-hydrogen) atoms. The average molecular weight is 323 g/mol. The van der Waals surface area contributed by atoms with E-state index < -0.39 is 10.8 Å². The summed E-state index contributed by atoms with van der Waals surface area (Å²) in [5, 5.41) is 14.1. The minimum Gasteiger partial charge on any atom is -0.490 e. The van der Waals surface area contributed by atoms with E-state index in [1.54, 1.807) is 6.07 Å². The highest BCUT2D eigenvalue weighted by Crippen LogP contribution is 2.31. The van der Waals surface area contributed by atoms with Gasteiger partial charge in [-0.05, 0) is 38.6 Å². The number of carbonyl (C=O) groups excluding carboxylic acids is 1. The summed E-state index contributed by atoms with van der Waals surface area (Å²) in [6.45, 7) is 6.75. The molecule has 0 radical (unpaired) electrons. The van der Waals surface area contributed by atoms with Crippen LogP contribution in [-0.2, 0) is 0 Å². The lowest BCUT2D eigenvalue weighted by molar-refractivity contribution is -0.386. The predicted octanol–water partition coefficient (Wildman–Crippen LogP) is 2.31.